The summed E-state index contributed by atoms with van der Waals surface area (Å²) in [6.07, 6.45) is 4.79. The number of hydrogen-bond donors (Lipinski definition) is 1. The molecule has 0 radical (unpaired) electrons. The Morgan fingerprint density at radius 3 is 2.11 bits per heavy atom. The third-order valence-electron chi connectivity index (χ3n) is 2.95. The Bertz CT molecular complexity index is 370. The van der Waals surface area contributed by atoms with Crippen molar-refractivity contribution in [2.24, 2.45) is 0 Å². The Morgan fingerprint density at radius 2 is 1.63 bits per heavy atom. The fourth-order valence-electron chi connectivity index (χ4n) is 1.75. The van der Waals surface area contributed by atoms with Crippen molar-refractivity contribution in [1.29, 1.82) is 0 Å². The van der Waals surface area contributed by atoms with Crippen LogP contribution in [0.15, 0.2) is 24.3 Å². The van der Waals surface area contributed by atoms with Crippen molar-refractivity contribution >= 4 is 45.6 Å². The van der Waals surface area contributed by atoms with Crippen LogP contribution in [0.3, 0.4) is 0 Å². The standard InChI is InChI=1S/C15H23IN2S/c1-3-5-11-18(12-6-4-2)15(19)17-14-9-7-13(16)8-10-14/h7-10H,3-6,11-12H2,1-2H3,(H,17,19). The minimum absolute atomic E-state index is 0.850. The highest BCUT2D eigenvalue weighted by atomic mass is 127. The van der Waals surface area contributed by atoms with E-state index in [0.29, 0.717) is 0 Å². The number of thiocarbonyl (C=S) groups is 1. The quantitative estimate of drug-likeness (QED) is 0.527. The van der Waals surface area contributed by atoms with Crippen LogP contribution in [0, 0.1) is 3.57 Å². The maximum absolute atomic E-state index is 5.53. The van der Waals surface area contributed by atoms with Crippen LogP contribution >= 0.6 is 34.8 Å². The molecule has 1 aromatic rings. The number of rotatable bonds is 7. The molecule has 0 aliphatic carbocycles. The first-order valence-electron chi connectivity index (χ1n) is 6.98. The molecule has 0 saturated heterocycles. The van der Waals surface area contributed by atoms with Gasteiger partial charge in [-0.15, -0.1) is 0 Å². The van der Waals surface area contributed by atoms with Gasteiger partial charge in [0.25, 0.3) is 0 Å². The van der Waals surface area contributed by atoms with Gasteiger partial charge >= 0.3 is 0 Å². The number of halogens is 1. The van der Waals surface area contributed by atoms with Crippen molar-refractivity contribution in [3.05, 3.63) is 27.8 Å². The maximum atomic E-state index is 5.53. The lowest BCUT2D eigenvalue weighted by Gasteiger charge is -2.25. The van der Waals surface area contributed by atoms with Gasteiger partial charge in [-0.3, -0.25) is 0 Å². The molecule has 1 aromatic carbocycles. The molecule has 4 heteroatoms. The largest absolute Gasteiger partial charge is 0.349 e. The van der Waals surface area contributed by atoms with E-state index in [9.17, 15) is 0 Å². The molecular weight excluding hydrogens is 367 g/mol. The number of anilines is 1. The first kappa shape index (κ1) is 16.7. The highest BCUT2D eigenvalue weighted by Crippen LogP contribution is 2.12. The molecular formula is C15H23IN2S. The minimum atomic E-state index is 0.850. The van der Waals surface area contributed by atoms with Crippen LogP contribution in [-0.2, 0) is 0 Å². The summed E-state index contributed by atoms with van der Waals surface area (Å²) in [4.78, 5) is 2.29. The van der Waals surface area contributed by atoms with E-state index < -0.39 is 0 Å². The molecule has 0 amide bonds. The third kappa shape index (κ3) is 6.56. The SMILES string of the molecule is CCCCN(CCCC)C(=S)Nc1ccc(I)cc1. The smallest absolute Gasteiger partial charge is 0.173 e. The van der Waals surface area contributed by atoms with E-state index in [4.69, 9.17) is 12.2 Å². The molecule has 0 atom stereocenters. The summed E-state index contributed by atoms with van der Waals surface area (Å²) in [5.41, 5.74) is 1.07. The van der Waals surface area contributed by atoms with Crippen molar-refractivity contribution in [2.75, 3.05) is 18.4 Å². The van der Waals surface area contributed by atoms with Gasteiger partial charge in [0, 0.05) is 22.3 Å². The Kier molecular flexibility index (Phi) is 8.37. The van der Waals surface area contributed by atoms with Crippen LogP contribution in [0.25, 0.3) is 0 Å². The molecule has 0 aliphatic rings. The summed E-state index contributed by atoms with van der Waals surface area (Å²) in [5, 5.41) is 4.19. The average Bonchev–Trinajstić information content (AvgIpc) is 2.41. The van der Waals surface area contributed by atoms with Crippen molar-refractivity contribution in [3.63, 3.8) is 0 Å². The van der Waals surface area contributed by atoms with Gasteiger partial charge in [0.2, 0.25) is 0 Å². The Hall–Kier alpha value is -0.360. The number of nitrogens with zero attached hydrogens (tertiary/aromatic N) is 1. The molecule has 0 aliphatic heterocycles. The fraction of sp³-hybridized carbons (Fsp3) is 0.533. The predicted octanol–water partition coefficient (Wildman–Crippen LogP) is 4.89. The highest BCUT2D eigenvalue weighted by Gasteiger charge is 2.08. The van der Waals surface area contributed by atoms with E-state index >= 15 is 0 Å². The third-order valence-corrected chi connectivity index (χ3v) is 4.03. The number of unbranched alkanes of at least 4 members (excludes halogenated alkanes) is 2. The number of benzene rings is 1. The van der Waals surface area contributed by atoms with Gasteiger partial charge in [-0.05, 0) is 71.9 Å². The summed E-state index contributed by atoms with van der Waals surface area (Å²) >= 11 is 7.84. The van der Waals surface area contributed by atoms with Gasteiger partial charge in [-0.1, -0.05) is 26.7 Å². The van der Waals surface area contributed by atoms with Crippen molar-refractivity contribution < 1.29 is 0 Å². The van der Waals surface area contributed by atoms with Gasteiger partial charge in [0.05, 0.1) is 0 Å². The van der Waals surface area contributed by atoms with Gasteiger partial charge in [-0.25, -0.2) is 0 Å². The van der Waals surface area contributed by atoms with E-state index in [1.807, 2.05) is 0 Å². The lowest BCUT2D eigenvalue weighted by molar-refractivity contribution is 0.403. The van der Waals surface area contributed by atoms with Gasteiger partial charge in [0.1, 0.15) is 0 Å². The summed E-state index contributed by atoms with van der Waals surface area (Å²) in [5.74, 6) is 0. The molecule has 2 nitrogen and oxygen atoms in total. The lowest BCUT2D eigenvalue weighted by Crippen LogP contribution is -2.36. The van der Waals surface area contributed by atoms with Gasteiger partial charge < -0.3 is 10.2 Å². The first-order valence-corrected chi connectivity index (χ1v) is 8.47. The highest BCUT2D eigenvalue weighted by molar-refractivity contribution is 14.1. The molecule has 0 unspecified atom stereocenters. The Balaban J connectivity index is 2.56. The van der Waals surface area contributed by atoms with Crippen LogP contribution in [-0.4, -0.2) is 23.1 Å². The van der Waals surface area contributed by atoms with Crippen LogP contribution in [0.4, 0.5) is 5.69 Å². The normalized spacial score (nSPS) is 10.3. The Labute approximate surface area is 136 Å². The Morgan fingerprint density at radius 1 is 1.11 bits per heavy atom. The monoisotopic (exact) mass is 390 g/mol. The van der Waals surface area contributed by atoms with E-state index in [1.165, 1.54) is 29.3 Å². The molecule has 1 N–H and O–H groups in total. The second-order valence-electron chi connectivity index (χ2n) is 4.63. The van der Waals surface area contributed by atoms with E-state index in [0.717, 1.165) is 23.9 Å². The number of nitrogens with one attached hydrogen (secondary N) is 1. The van der Waals surface area contributed by atoms with Crippen LogP contribution < -0.4 is 5.32 Å². The summed E-state index contributed by atoms with van der Waals surface area (Å²) in [7, 11) is 0. The molecule has 0 spiro atoms. The average molecular weight is 390 g/mol. The first-order chi connectivity index (χ1) is 9.17. The molecule has 0 bridgehead atoms. The second-order valence-corrected chi connectivity index (χ2v) is 6.26. The second kappa shape index (κ2) is 9.53. The van der Waals surface area contributed by atoms with Crippen LogP contribution in [0.1, 0.15) is 39.5 Å². The molecule has 0 heterocycles. The topological polar surface area (TPSA) is 15.3 Å². The predicted molar refractivity (Wildman–Crippen MR) is 96.8 cm³/mol. The van der Waals surface area contributed by atoms with Crippen molar-refractivity contribution in [1.82, 2.24) is 4.90 Å². The molecule has 0 fully saturated rings. The molecule has 1 rings (SSSR count). The number of hydrogen-bond acceptors (Lipinski definition) is 1. The van der Waals surface area contributed by atoms with E-state index in [-0.39, 0.29) is 0 Å². The fourth-order valence-corrected chi connectivity index (χ4v) is 2.41. The van der Waals surface area contributed by atoms with E-state index in [2.05, 4.69) is 70.9 Å². The van der Waals surface area contributed by atoms with Crippen LogP contribution in [0.5, 0.6) is 0 Å². The van der Waals surface area contributed by atoms with Crippen molar-refractivity contribution in [3.8, 4) is 0 Å². The van der Waals surface area contributed by atoms with Crippen molar-refractivity contribution in [2.45, 2.75) is 39.5 Å². The summed E-state index contributed by atoms with van der Waals surface area (Å²) in [6.45, 7) is 6.53. The minimum Gasteiger partial charge on any atom is -0.349 e. The zero-order chi connectivity index (χ0) is 14.1. The zero-order valence-electron chi connectivity index (χ0n) is 11.8. The lowest BCUT2D eigenvalue weighted by atomic mass is 10.2. The summed E-state index contributed by atoms with van der Waals surface area (Å²) in [6, 6.07) is 8.33. The maximum Gasteiger partial charge on any atom is 0.173 e. The molecule has 19 heavy (non-hydrogen) atoms. The summed E-state index contributed by atoms with van der Waals surface area (Å²) < 4.78 is 1.24. The molecule has 0 saturated carbocycles. The molecule has 0 aromatic heterocycles. The van der Waals surface area contributed by atoms with E-state index in [1.54, 1.807) is 0 Å². The zero-order valence-corrected chi connectivity index (χ0v) is 14.8. The molecule has 106 valence electrons. The van der Waals surface area contributed by atoms with Crippen LogP contribution in [0.2, 0.25) is 0 Å². The van der Waals surface area contributed by atoms with Gasteiger partial charge in [-0.2, -0.15) is 0 Å². The van der Waals surface area contributed by atoms with Gasteiger partial charge in [0.15, 0.2) is 5.11 Å².